The molecule has 0 aromatic heterocycles. The third-order valence-corrected chi connectivity index (χ3v) is 8.00. The van der Waals surface area contributed by atoms with Crippen LogP contribution in [0.25, 0.3) is 0 Å². The van der Waals surface area contributed by atoms with E-state index in [9.17, 15) is 14.4 Å². The molecule has 40 heavy (non-hydrogen) atoms. The molecule has 0 N–H and O–H groups in total. The maximum absolute atomic E-state index is 14.8. The van der Waals surface area contributed by atoms with Crippen molar-refractivity contribution in [2.75, 3.05) is 14.2 Å². The fourth-order valence-electron chi connectivity index (χ4n) is 6.54. The third-order valence-electron chi connectivity index (χ3n) is 8.00. The number of rotatable bonds is 4. The molecular weight excluding hydrogens is 508 g/mol. The minimum atomic E-state index is -1.72. The Balaban J connectivity index is 1.71. The van der Waals surface area contributed by atoms with E-state index in [1.54, 1.807) is 74.5 Å². The molecule has 8 heteroatoms. The predicted octanol–water partition coefficient (Wildman–Crippen LogP) is 4.97. The average Bonchev–Trinajstić information content (AvgIpc) is 3.38. The number of Topliss-reactive ketones (excluding diaryl/α,β-unsaturated/α-hetero) is 2. The van der Waals surface area contributed by atoms with E-state index >= 15 is 0 Å². The highest BCUT2D eigenvalue weighted by Gasteiger charge is 2.73. The first kappa shape index (κ1) is 25.8. The summed E-state index contributed by atoms with van der Waals surface area (Å²) in [5, 5.41) is 6.32. The number of esters is 1. The zero-order valence-corrected chi connectivity index (χ0v) is 23.0. The van der Waals surface area contributed by atoms with Crippen molar-refractivity contribution in [2.24, 2.45) is 10.5 Å². The van der Waals surface area contributed by atoms with Gasteiger partial charge >= 0.3 is 5.97 Å². The summed E-state index contributed by atoms with van der Waals surface area (Å²) in [6.45, 7) is 5.35. The Labute approximate surface area is 232 Å². The smallest absolute Gasteiger partial charge is 0.331 e. The van der Waals surface area contributed by atoms with Gasteiger partial charge in [0.25, 0.3) is 0 Å². The number of hydrogen-bond acceptors (Lipinski definition) is 8. The number of methoxy groups -OCH3 is 2. The van der Waals surface area contributed by atoms with Gasteiger partial charge in [-0.15, -0.1) is 0 Å². The SMILES string of the molecule is COc1ccc(OC)c(C2C(C(=O)OC(C)(C)C)N3N=Cc4ccccc4C3C23C(=O)c2ccccc2C3=O)c1. The highest BCUT2D eigenvalue weighted by molar-refractivity contribution is 6.31. The van der Waals surface area contributed by atoms with Crippen LogP contribution in [0.4, 0.5) is 0 Å². The summed E-state index contributed by atoms with van der Waals surface area (Å²) in [6, 6.07) is 17.6. The number of ketones is 2. The van der Waals surface area contributed by atoms with E-state index in [2.05, 4.69) is 0 Å². The van der Waals surface area contributed by atoms with Crippen LogP contribution >= 0.6 is 0 Å². The molecule has 0 radical (unpaired) electrons. The lowest BCUT2D eigenvalue weighted by Crippen LogP contribution is -2.44. The molecule has 0 bridgehead atoms. The Morgan fingerprint density at radius 1 is 0.875 bits per heavy atom. The van der Waals surface area contributed by atoms with Gasteiger partial charge in [0.05, 0.1) is 26.5 Å². The standard InChI is InChI=1S/C32H30N2O6/c1-31(2,3)40-30(37)26-25(23-16-19(38-4)14-15-24(23)39-5)32(28(35)21-12-8-9-13-22(21)29(32)36)27-20-11-7-6-10-18(20)17-33-34(26)27/h6-17,25-27H,1-5H3. The fourth-order valence-corrected chi connectivity index (χ4v) is 6.54. The summed E-state index contributed by atoms with van der Waals surface area (Å²) < 4.78 is 17.3. The van der Waals surface area contributed by atoms with Crippen LogP contribution in [0.15, 0.2) is 71.8 Å². The van der Waals surface area contributed by atoms with E-state index in [1.165, 1.54) is 14.2 Å². The molecule has 204 valence electrons. The number of ether oxygens (including phenoxy) is 3. The second-order valence-electron chi connectivity index (χ2n) is 11.3. The normalized spacial score (nSPS) is 22.1. The Morgan fingerprint density at radius 2 is 1.52 bits per heavy atom. The predicted molar refractivity (Wildman–Crippen MR) is 148 cm³/mol. The van der Waals surface area contributed by atoms with Crippen molar-refractivity contribution < 1.29 is 28.6 Å². The Kier molecular flexibility index (Phi) is 5.83. The molecular formula is C32H30N2O6. The zero-order valence-electron chi connectivity index (χ0n) is 23.0. The second-order valence-corrected chi connectivity index (χ2v) is 11.3. The van der Waals surface area contributed by atoms with Gasteiger partial charge in [0.2, 0.25) is 0 Å². The Hall–Kier alpha value is -4.46. The minimum Gasteiger partial charge on any atom is -0.497 e. The first-order chi connectivity index (χ1) is 19.1. The van der Waals surface area contributed by atoms with Crippen LogP contribution in [-0.4, -0.2) is 54.6 Å². The molecule has 1 fully saturated rings. The van der Waals surface area contributed by atoms with Crippen molar-refractivity contribution in [3.63, 3.8) is 0 Å². The van der Waals surface area contributed by atoms with Gasteiger partial charge in [-0.25, -0.2) is 4.79 Å². The lowest BCUT2D eigenvalue weighted by atomic mass is 9.63. The highest BCUT2D eigenvalue weighted by Crippen LogP contribution is 2.65. The summed E-state index contributed by atoms with van der Waals surface area (Å²) in [7, 11) is 3.05. The number of carbonyl (C=O) groups is 3. The van der Waals surface area contributed by atoms with Gasteiger partial charge in [-0.2, -0.15) is 5.10 Å². The Morgan fingerprint density at radius 3 is 2.15 bits per heavy atom. The van der Waals surface area contributed by atoms with Gasteiger partial charge < -0.3 is 14.2 Å². The molecule has 1 spiro atoms. The van der Waals surface area contributed by atoms with Crippen LogP contribution < -0.4 is 9.47 Å². The third kappa shape index (κ3) is 3.51. The lowest BCUT2D eigenvalue weighted by Gasteiger charge is -2.36. The van der Waals surface area contributed by atoms with Gasteiger partial charge in [-0.1, -0.05) is 48.5 Å². The molecule has 2 aliphatic heterocycles. The first-order valence-corrected chi connectivity index (χ1v) is 13.2. The summed E-state index contributed by atoms with van der Waals surface area (Å²) in [4.78, 5) is 43.7. The van der Waals surface area contributed by atoms with Gasteiger partial charge in [0.15, 0.2) is 17.6 Å². The molecule has 8 nitrogen and oxygen atoms in total. The quantitative estimate of drug-likeness (QED) is 0.342. The first-order valence-electron chi connectivity index (χ1n) is 13.2. The van der Waals surface area contributed by atoms with Crippen molar-refractivity contribution in [2.45, 2.75) is 44.4 Å². The van der Waals surface area contributed by atoms with Crippen LogP contribution in [0.3, 0.4) is 0 Å². The monoisotopic (exact) mass is 538 g/mol. The fraction of sp³-hybridized carbons (Fsp3) is 0.312. The summed E-state index contributed by atoms with van der Waals surface area (Å²) in [6.07, 6.45) is 1.67. The molecule has 3 aliphatic rings. The Bertz CT molecular complexity index is 1550. The van der Waals surface area contributed by atoms with E-state index in [1.807, 2.05) is 24.3 Å². The second kappa shape index (κ2) is 9.05. The number of hydrogen-bond donors (Lipinski definition) is 0. The number of hydrazone groups is 1. The van der Waals surface area contributed by atoms with Crippen LogP contribution in [0.1, 0.15) is 70.1 Å². The number of nitrogens with zero attached hydrogens (tertiary/aromatic N) is 2. The van der Waals surface area contributed by atoms with Crippen molar-refractivity contribution >= 4 is 23.8 Å². The van der Waals surface area contributed by atoms with Crippen LogP contribution in [-0.2, 0) is 9.53 Å². The largest absolute Gasteiger partial charge is 0.497 e. The van der Waals surface area contributed by atoms with Crippen molar-refractivity contribution in [3.8, 4) is 11.5 Å². The van der Waals surface area contributed by atoms with E-state index in [0.29, 0.717) is 28.2 Å². The van der Waals surface area contributed by atoms with Crippen molar-refractivity contribution in [1.82, 2.24) is 5.01 Å². The molecule has 3 atom stereocenters. The van der Waals surface area contributed by atoms with E-state index in [-0.39, 0.29) is 11.6 Å². The van der Waals surface area contributed by atoms with E-state index in [4.69, 9.17) is 19.3 Å². The molecule has 6 rings (SSSR count). The highest BCUT2D eigenvalue weighted by atomic mass is 16.6. The molecule has 2 heterocycles. The van der Waals surface area contributed by atoms with Gasteiger partial charge in [-0.3, -0.25) is 14.6 Å². The molecule has 0 saturated carbocycles. The average molecular weight is 539 g/mol. The lowest BCUT2D eigenvalue weighted by molar-refractivity contribution is -0.161. The summed E-state index contributed by atoms with van der Waals surface area (Å²) in [5.41, 5.74) is 0.126. The molecule has 1 aliphatic carbocycles. The van der Waals surface area contributed by atoms with E-state index < -0.39 is 35.0 Å². The summed E-state index contributed by atoms with van der Waals surface area (Å²) in [5.74, 6) is -1.37. The number of benzene rings is 3. The molecule has 3 aromatic rings. The van der Waals surface area contributed by atoms with E-state index in [0.717, 1.165) is 11.1 Å². The number of carbonyl (C=O) groups excluding carboxylic acids is 3. The number of fused-ring (bicyclic) bond motifs is 5. The maximum atomic E-state index is 14.8. The summed E-state index contributed by atoms with van der Waals surface area (Å²) >= 11 is 0. The molecule has 1 saturated heterocycles. The topological polar surface area (TPSA) is 94.5 Å². The van der Waals surface area contributed by atoms with Crippen LogP contribution in [0.5, 0.6) is 11.5 Å². The molecule has 3 aromatic carbocycles. The molecule has 0 amide bonds. The maximum Gasteiger partial charge on any atom is 0.331 e. The zero-order chi connectivity index (χ0) is 28.4. The van der Waals surface area contributed by atoms with Crippen molar-refractivity contribution in [3.05, 3.63) is 94.5 Å². The molecule has 3 unspecified atom stereocenters. The van der Waals surface area contributed by atoms with Gasteiger partial charge in [0.1, 0.15) is 22.5 Å². The minimum absolute atomic E-state index is 0.330. The van der Waals surface area contributed by atoms with Crippen LogP contribution in [0.2, 0.25) is 0 Å². The van der Waals surface area contributed by atoms with Crippen molar-refractivity contribution in [1.29, 1.82) is 0 Å². The van der Waals surface area contributed by atoms with Gasteiger partial charge in [0, 0.05) is 22.6 Å². The van der Waals surface area contributed by atoms with Crippen LogP contribution in [0, 0.1) is 5.41 Å². The van der Waals surface area contributed by atoms with Gasteiger partial charge in [-0.05, 0) is 50.1 Å².